The molecule has 0 unspecified atom stereocenters. The molecule has 9 heteroatoms. The minimum absolute atomic E-state index is 0.483. The molecule has 0 fully saturated rings. The highest BCUT2D eigenvalue weighted by atomic mass is 16.2. The maximum absolute atomic E-state index is 11.1. The fourth-order valence-electron chi connectivity index (χ4n) is 7.55. The molecule has 0 aliphatic rings. The standard InChI is InChI=1S/C17H36.C9H20.C6H9N3O3.C6H6.C3H3N3.C3H8.2C2H6/c1-9-15(7,10-2)17(13-5,14-6)16(8,11-3)12-4;1-5-9(6-2,7-3)8-4;1-7-4(10)8(2)6(12)9(3)5(7)11;1-2-4-6-5-3-1;1-4-2-6-3-5-1;1-3-2;2*1-2/h9-14H2,1-8H3;5-8H2,1-4H3;1-3H3;1-6H;1-3H;3H2,1-2H3;2*1-2H3. The third-order valence-electron chi connectivity index (χ3n) is 12.4. The van der Waals surface area contributed by atoms with Gasteiger partial charge in [-0.05, 0) is 34.5 Å². The van der Waals surface area contributed by atoms with Crippen LogP contribution in [0.5, 0.6) is 0 Å². The first-order chi connectivity index (χ1) is 27.0. The summed E-state index contributed by atoms with van der Waals surface area (Å²) in [6.07, 6.45) is 18.8. The van der Waals surface area contributed by atoms with Crippen LogP contribution in [0, 0.1) is 21.7 Å². The minimum Gasteiger partial charge on any atom is -0.248 e. The van der Waals surface area contributed by atoms with Gasteiger partial charge in [0.15, 0.2) is 0 Å². The van der Waals surface area contributed by atoms with Crippen LogP contribution in [0.2, 0.25) is 0 Å². The molecule has 3 rings (SSSR count). The first-order valence-corrected chi connectivity index (χ1v) is 22.4. The smallest absolute Gasteiger partial charge is 0.248 e. The molecule has 3 aromatic rings. The fraction of sp³-hybridized carbons (Fsp3) is 0.750. The number of aromatic nitrogens is 6. The zero-order chi connectivity index (χ0) is 45.7. The van der Waals surface area contributed by atoms with E-state index in [1.54, 1.807) is 0 Å². The van der Waals surface area contributed by atoms with Crippen LogP contribution >= 0.6 is 0 Å². The average Bonchev–Trinajstić information content (AvgIpc) is 3.29. The molecule has 2 aromatic heterocycles. The SMILES string of the molecule is CC.CC.CCC.CCC(C)(CC)C(CC)(CC)C(C)(CC)CC.CCC(CC)(CC)CC.Cn1c(=O)n(C)c(=O)n(C)c1=O.c1ccccc1.c1ncncn1. The summed E-state index contributed by atoms with van der Waals surface area (Å²) in [6, 6.07) is 12.0. The van der Waals surface area contributed by atoms with Crippen LogP contribution in [-0.4, -0.2) is 28.7 Å². The Morgan fingerprint density at radius 1 is 0.404 bits per heavy atom. The van der Waals surface area contributed by atoms with E-state index in [9.17, 15) is 14.4 Å². The number of hydrogen-bond donors (Lipinski definition) is 0. The summed E-state index contributed by atoms with van der Waals surface area (Å²) in [7, 11) is 3.97. The summed E-state index contributed by atoms with van der Waals surface area (Å²) >= 11 is 0. The van der Waals surface area contributed by atoms with Gasteiger partial charge in [0.2, 0.25) is 0 Å². The average molecular weight is 803 g/mol. The lowest BCUT2D eigenvalue weighted by atomic mass is 9.46. The van der Waals surface area contributed by atoms with E-state index in [1.807, 2.05) is 64.1 Å². The van der Waals surface area contributed by atoms with Crippen molar-refractivity contribution in [1.29, 1.82) is 0 Å². The molecule has 334 valence electrons. The largest absolute Gasteiger partial charge is 0.335 e. The molecule has 0 saturated heterocycles. The highest BCUT2D eigenvalue weighted by Gasteiger charge is 2.53. The van der Waals surface area contributed by atoms with Gasteiger partial charge in [-0.3, -0.25) is 0 Å². The van der Waals surface area contributed by atoms with E-state index in [2.05, 4.69) is 112 Å². The van der Waals surface area contributed by atoms with Crippen LogP contribution in [0.1, 0.15) is 195 Å². The van der Waals surface area contributed by atoms with Crippen molar-refractivity contribution in [2.45, 2.75) is 195 Å². The van der Waals surface area contributed by atoms with E-state index in [4.69, 9.17) is 0 Å². The van der Waals surface area contributed by atoms with Crippen LogP contribution in [0.25, 0.3) is 0 Å². The van der Waals surface area contributed by atoms with Crippen molar-refractivity contribution in [3.05, 3.63) is 86.8 Å². The summed E-state index contributed by atoms with van der Waals surface area (Å²) < 4.78 is 2.63. The van der Waals surface area contributed by atoms with Crippen molar-refractivity contribution >= 4 is 0 Å². The molecule has 0 radical (unpaired) electrons. The Hall–Kier alpha value is -3.36. The second-order valence-corrected chi connectivity index (χ2v) is 14.4. The monoisotopic (exact) mass is 803 g/mol. The molecule has 0 spiro atoms. The summed E-state index contributed by atoms with van der Waals surface area (Å²) in [5.74, 6) is 0. The van der Waals surface area contributed by atoms with E-state index in [0.29, 0.717) is 21.7 Å². The summed E-state index contributed by atoms with van der Waals surface area (Å²) in [4.78, 5) is 43.9. The Morgan fingerprint density at radius 3 is 0.702 bits per heavy atom. The second-order valence-electron chi connectivity index (χ2n) is 14.4. The highest BCUT2D eigenvalue weighted by molar-refractivity contribution is 5.02. The van der Waals surface area contributed by atoms with E-state index in [1.165, 1.54) is 111 Å². The molecule has 9 nitrogen and oxygen atoms in total. The van der Waals surface area contributed by atoms with Crippen LogP contribution in [0.15, 0.2) is 69.8 Å². The Bertz CT molecular complexity index is 1230. The zero-order valence-corrected chi connectivity index (χ0v) is 41.4. The van der Waals surface area contributed by atoms with Crippen LogP contribution < -0.4 is 17.1 Å². The summed E-state index contributed by atoms with van der Waals surface area (Å²) in [5, 5.41) is 0. The van der Waals surface area contributed by atoms with Gasteiger partial charge in [-0.25, -0.2) is 43.0 Å². The molecule has 0 aliphatic heterocycles. The molecule has 0 aliphatic carbocycles. The van der Waals surface area contributed by atoms with Crippen molar-refractivity contribution in [3.8, 4) is 0 Å². The Labute approximate surface area is 352 Å². The summed E-state index contributed by atoms with van der Waals surface area (Å²) in [6.45, 7) is 40.9. The Kier molecular flexibility index (Phi) is 40.7. The molecule has 0 N–H and O–H groups in total. The van der Waals surface area contributed by atoms with E-state index in [-0.39, 0.29) is 0 Å². The van der Waals surface area contributed by atoms with Gasteiger partial charge in [0, 0.05) is 21.1 Å². The molecular weight excluding hydrogens is 709 g/mol. The lowest BCUT2D eigenvalue weighted by Gasteiger charge is -2.58. The van der Waals surface area contributed by atoms with Crippen molar-refractivity contribution in [1.82, 2.24) is 28.7 Å². The van der Waals surface area contributed by atoms with Gasteiger partial charge in [-0.1, -0.05) is 219 Å². The third kappa shape index (κ3) is 20.8. The number of hydrogen-bond acceptors (Lipinski definition) is 6. The number of benzene rings is 1. The van der Waals surface area contributed by atoms with Gasteiger partial charge < -0.3 is 0 Å². The molecular formula is C48H94N6O3. The predicted molar refractivity (Wildman–Crippen MR) is 251 cm³/mol. The van der Waals surface area contributed by atoms with Crippen molar-refractivity contribution in [2.24, 2.45) is 42.8 Å². The van der Waals surface area contributed by atoms with Crippen LogP contribution in [0.3, 0.4) is 0 Å². The molecule has 0 bridgehead atoms. The molecule has 2 heterocycles. The lowest BCUT2D eigenvalue weighted by Crippen LogP contribution is -2.51. The van der Waals surface area contributed by atoms with Crippen LogP contribution in [0.4, 0.5) is 0 Å². The van der Waals surface area contributed by atoms with Gasteiger partial charge in [-0.2, -0.15) is 0 Å². The quantitative estimate of drug-likeness (QED) is 0.181. The normalized spacial score (nSPS) is 10.5. The third-order valence-corrected chi connectivity index (χ3v) is 12.4. The first kappa shape index (κ1) is 62.8. The van der Waals surface area contributed by atoms with Crippen molar-refractivity contribution in [2.75, 3.05) is 0 Å². The van der Waals surface area contributed by atoms with E-state index >= 15 is 0 Å². The topological polar surface area (TPSA) is 105 Å². The highest BCUT2D eigenvalue weighted by Crippen LogP contribution is 2.61. The number of rotatable bonds is 12. The lowest BCUT2D eigenvalue weighted by molar-refractivity contribution is -0.0905. The fourth-order valence-corrected chi connectivity index (χ4v) is 7.55. The molecule has 57 heavy (non-hydrogen) atoms. The number of nitrogens with zero attached hydrogens (tertiary/aromatic N) is 6. The minimum atomic E-state index is -0.608. The molecule has 0 atom stereocenters. The van der Waals surface area contributed by atoms with Crippen molar-refractivity contribution in [3.63, 3.8) is 0 Å². The van der Waals surface area contributed by atoms with Crippen LogP contribution in [-0.2, 0) is 21.1 Å². The first-order valence-electron chi connectivity index (χ1n) is 22.4. The second kappa shape index (κ2) is 36.9. The van der Waals surface area contributed by atoms with E-state index < -0.39 is 17.1 Å². The van der Waals surface area contributed by atoms with Gasteiger partial charge in [0.05, 0.1) is 0 Å². The van der Waals surface area contributed by atoms with E-state index in [0.717, 1.165) is 13.7 Å². The zero-order valence-electron chi connectivity index (χ0n) is 41.4. The molecule has 1 aromatic carbocycles. The van der Waals surface area contributed by atoms with Gasteiger partial charge in [-0.15, -0.1) is 0 Å². The maximum atomic E-state index is 11.1. The maximum Gasteiger partial charge on any atom is 0.335 e. The molecule has 0 amide bonds. The summed E-state index contributed by atoms with van der Waals surface area (Å²) in [5.41, 5.74) is 0.302. The Balaban J connectivity index is -0.000000198. The predicted octanol–water partition coefficient (Wildman–Crippen LogP) is 12.9. The van der Waals surface area contributed by atoms with Gasteiger partial charge in [0.25, 0.3) is 0 Å². The van der Waals surface area contributed by atoms with Crippen molar-refractivity contribution < 1.29 is 0 Å². The van der Waals surface area contributed by atoms with Gasteiger partial charge in [0.1, 0.15) is 19.0 Å². The molecule has 0 saturated carbocycles. The van der Waals surface area contributed by atoms with Gasteiger partial charge >= 0.3 is 17.1 Å². The Morgan fingerprint density at radius 2 is 0.596 bits per heavy atom.